The van der Waals surface area contributed by atoms with Gasteiger partial charge in [-0.15, -0.1) is 0 Å². The smallest absolute Gasteiger partial charge is 0.153 e. The first-order valence-electron chi connectivity index (χ1n) is 6.96. The maximum absolute atomic E-state index is 11.5. The predicted molar refractivity (Wildman–Crippen MR) is 84.3 cm³/mol. The molecule has 0 bridgehead atoms. The Labute approximate surface area is 126 Å². The van der Waals surface area contributed by atoms with Gasteiger partial charge in [0.2, 0.25) is 0 Å². The van der Waals surface area contributed by atoms with Crippen LogP contribution in [-0.4, -0.2) is 39.6 Å². The topological polar surface area (TPSA) is 49.4 Å². The molecule has 1 N–H and O–H groups in total. The number of hydrogen-bond donors (Lipinski definition) is 1. The molecule has 0 radical (unpaired) electrons. The van der Waals surface area contributed by atoms with Crippen molar-refractivity contribution in [3.05, 3.63) is 28.8 Å². The molecular weight excluding hydrogens is 296 g/mol. The van der Waals surface area contributed by atoms with Crippen LogP contribution in [-0.2, 0) is 16.4 Å². The Morgan fingerprint density at radius 3 is 2.65 bits per heavy atom. The van der Waals surface area contributed by atoms with Crippen molar-refractivity contribution in [2.24, 2.45) is 0 Å². The van der Waals surface area contributed by atoms with Crippen LogP contribution in [0.3, 0.4) is 0 Å². The van der Waals surface area contributed by atoms with E-state index in [1.54, 1.807) is 0 Å². The summed E-state index contributed by atoms with van der Waals surface area (Å²) in [7, 11) is -2.85. The quantitative estimate of drug-likeness (QED) is 0.845. The minimum Gasteiger partial charge on any atom is -0.369 e. The number of hydrogen-bond acceptors (Lipinski definition) is 4. The molecule has 0 unspecified atom stereocenters. The maximum atomic E-state index is 11.5. The van der Waals surface area contributed by atoms with E-state index in [1.165, 1.54) is 0 Å². The molecular formula is C14H21ClN2O2S. The Morgan fingerprint density at radius 1 is 1.30 bits per heavy atom. The Morgan fingerprint density at radius 2 is 2.00 bits per heavy atom. The third-order valence-electron chi connectivity index (χ3n) is 3.47. The zero-order valence-electron chi connectivity index (χ0n) is 11.7. The third kappa shape index (κ3) is 4.11. The lowest BCUT2D eigenvalue weighted by Crippen LogP contribution is -2.40. The van der Waals surface area contributed by atoms with Gasteiger partial charge in [0.05, 0.1) is 11.5 Å². The normalized spacial score (nSPS) is 18.2. The molecule has 6 heteroatoms. The van der Waals surface area contributed by atoms with Gasteiger partial charge >= 0.3 is 0 Å². The van der Waals surface area contributed by atoms with Crippen molar-refractivity contribution in [2.45, 2.75) is 19.9 Å². The molecule has 4 nitrogen and oxygen atoms in total. The first-order chi connectivity index (χ1) is 9.52. The molecule has 0 atom stereocenters. The summed E-state index contributed by atoms with van der Waals surface area (Å²) in [5, 5.41) is 4.09. The zero-order valence-corrected chi connectivity index (χ0v) is 13.3. The largest absolute Gasteiger partial charge is 0.369 e. The van der Waals surface area contributed by atoms with Crippen molar-refractivity contribution in [2.75, 3.05) is 36.0 Å². The molecule has 2 rings (SSSR count). The van der Waals surface area contributed by atoms with E-state index in [4.69, 9.17) is 11.6 Å². The Kier molecular flexibility index (Phi) is 5.29. The Hall–Kier alpha value is -0.780. The molecule has 1 heterocycles. The second kappa shape index (κ2) is 6.78. The monoisotopic (exact) mass is 316 g/mol. The standard InChI is InChI=1S/C14H21ClN2O2S/c1-2-5-16-11-12-10-13(15)3-4-14(12)17-6-8-20(18,19)9-7-17/h3-4,10,16H,2,5-9,11H2,1H3. The van der Waals surface area contributed by atoms with E-state index < -0.39 is 9.84 Å². The summed E-state index contributed by atoms with van der Waals surface area (Å²) in [4.78, 5) is 2.14. The highest BCUT2D eigenvalue weighted by Crippen LogP contribution is 2.25. The first-order valence-corrected chi connectivity index (χ1v) is 9.16. The van der Waals surface area contributed by atoms with Crippen LogP contribution >= 0.6 is 11.6 Å². The summed E-state index contributed by atoms with van der Waals surface area (Å²) in [6, 6.07) is 5.81. The molecule has 0 amide bonds. The molecule has 1 aromatic carbocycles. The van der Waals surface area contributed by atoms with Crippen LogP contribution in [0.4, 0.5) is 5.69 Å². The molecule has 1 aliphatic heterocycles. The molecule has 0 saturated carbocycles. The van der Waals surface area contributed by atoms with Crippen molar-refractivity contribution < 1.29 is 8.42 Å². The van der Waals surface area contributed by atoms with Gasteiger partial charge in [-0.3, -0.25) is 0 Å². The van der Waals surface area contributed by atoms with Crippen LogP contribution in [0.15, 0.2) is 18.2 Å². The fraction of sp³-hybridized carbons (Fsp3) is 0.571. The highest BCUT2D eigenvalue weighted by atomic mass is 35.5. The van der Waals surface area contributed by atoms with Gasteiger partial charge in [-0.1, -0.05) is 18.5 Å². The van der Waals surface area contributed by atoms with Gasteiger partial charge < -0.3 is 10.2 Å². The van der Waals surface area contributed by atoms with Crippen molar-refractivity contribution in [1.29, 1.82) is 0 Å². The molecule has 112 valence electrons. The number of benzene rings is 1. The minimum absolute atomic E-state index is 0.234. The summed E-state index contributed by atoms with van der Waals surface area (Å²) in [6.07, 6.45) is 1.08. The Balaban J connectivity index is 2.14. The van der Waals surface area contributed by atoms with E-state index in [1.807, 2.05) is 18.2 Å². The van der Waals surface area contributed by atoms with Crippen molar-refractivity contribution in [1.82, 2.24) is 5.32 Å². The highest BCUT2D eigenvalue weighted by Gasteiger charge is 2.23. The zero-order chi connectivity index (χ0) is 14.6. The lowest BCUT2D eigenvalue weighted by atomic mass is 10.1. The molecule has 1 fully saturated rings. The van der Waals surface area contributed by atoms with Gasteiger partial charge in [-0.2, -0.15) is 0 Å². The summed E-state index contributed by atoms with van der Waals surface area (Å²) < 4.78 is 23.0. The lowest BCUT2D eigenvalue weighted by Gasteiger charge is -2.30. The van der Waals surface area contributed by atoms with Crippen LogP contribution in [0.25, 0.3) is 0 Å². The fourth-order valence-corrected chi connectivity index (χ4v) is 3.75. The number of nitrogens with zero attached hydrogens (tertiary/aromatic N) is 1. The van der Waals surface area contributed by atoms with E-state index in [0.29, 0.717) is 18.1 Å². The fourth-order valence-electron chi connectivity index (χ4n) is 2.36. The van der Waals surface area contributed by atoms with E-state index >= 15 is 0 Å². The van der Waals surface area contributed by atoms with Gasteiger partial charge in [0, 0.05) is 30.3 Å². The summed E-state index contributed by atoms with van der Waals surface area (Å²) >= 11 is 6.07. The van der Waals surface area contributed by atoms with Crippen molar-refractivity contribution in [3.8, 4) is 0 Å². The predicted octanol–water partition coefficient (Wildman–Crippen LogP) is 2.07. The molecule has 0 aliphatic carbocycles. The lowest BCUT2D eigenvalue weighted by molar-refractivity contribution is 0.586. The van der Waals surface area contributed by atoms with E-state index in [9.17, 15) is 8.42 Å². The minimum atomic E-state index is -2.85. The summed E-state index contributed by atoms with van der Waals surface area (Å²) in [5.41, 5.74) is 2.22. The average Bonchev–Trinajstić information content (AvgIpc) is 2.40. The number of halogens is 1. The van der Waals surface area contributed by atoms with Crippen LogP contribution < -0.4 is 10.2 Å². The van der Waals surface area contributed by atoms with Crippen molar-refractivity contribution >= 4 is 27.1 Å². The van der Waals surface area contributed by atoms with Crippen LogP contribution in [0.2, 0.25) is 5.02 Å². The van der Waals surface area contributed by atoms with Crippen LogP contribution in [0.5, 0.6) is 0 Å². The van der Waals surface area contributed by atoms with Gasteiger partial charge in [-0.05, 0) is 36.7 Å². The van der Waals surface area contributed by atoms with Gasteiger partial charge in [0.1, 0.15) is 0 Å². The van der Waals surface area contributed by atoms with Gasteiger partial charge in [-0.25, -0.2) is 8.42 Å². The first kappa shape index (κ1) is 15.6. The van der Waals surface area contributed by atoms with Crippen LogP contribution in [0, 0.1) is 0 Å². The number of rotatable bonds is 5. The van der Waals surface area contributed by atoms with E-state index in [2.05, 4.69) is 17.1 Å². The van der Waals surface area contributed by atoms with E-state index in [0.717, 1.165) is 30.8 Å². The molecule has 1 aromatic rings. The third-order valence-corrected chi connectivity index (χ3v) is 5.31. The van der Waals surface area contributed by atoms with Crippen LogP contribution in [0.1, 0.15) is 18.9 Å². The van der Waals surface area contributed by atoms with Gasteiger partial charge in [0.15, 0.2) is 9.84 Å². The SMILES string of the molecule is CCCNCc1cc(Cl)ccc1N1CCS(=O)(=O)CC1. The molecule has 0 spiro atoms. The van der Waals surface area contributed by atoms with Crippen molar-refractivity contribution in [3.63, 3.8) is 0 Å². The molecule has 0 aromatic heterocycles. The molecule has 1 saturated heterocycles. The van der Waals surface area contributed by atoms with E-state index in [-0.39, 0.29) is 11.5 Å². The number of sulfone groups is 1. The average molecular weight is 317 g/mol. The summed E-state index contributed by atoms with van der Waals surface area (Å²) in [6.45, 7) is 4.96. The number of anilines is 1. The molecule has 20 heavy (non-hydrogen) atoms. The number of nitrogens with one attached hydrogen (secondary N) is 1. The molecule has 1 aliphatic rings. The Bertz CT molecular complexity index is 546. The second-order valence-corrected chi connectivity index (χ2v) is 7.83. The van der Waals surface area contributed by atoms with Gasteiger partial charge in [0.25, 0.3) is 0 Å². The second-order valence-electron chi connectivity index (χ2n) is 5.09. The summed E-state index contributed by atoms with van der Waals surface area (Å²) in [5.74, 6) is 0.467. The highest BCUT2D eigenvalue weighted by molar-refractivity contribution is 7.91. The maximum Gasteiger partial charge on any atom is 0.153 e.